The topological polar surface area (TPSA) is 121 Å². The Labute approximate surface area is 244 Å². The number of rotatable bonds is 10. The summed E-state index contributed by atoms with van der Waals surface area (Å²) in [5.74, 6) is 1.46. The Morgan fingerprint density at radius 3 is 2.56 bits per heavy atom. The van der Waals surface area contributed by atoms with Gasteiger partial charge in [0.2, 0.25) is 0 Å². The summed E-state index contributed by atoms with van der Waals surface area (Å²) < 4.78 is 10.9. The lowest BCUT2D eigenvalue weighted by atomic mass is 9.82. The van der Waals surface area contributed by atoms with Gasteiger partial charge in [-0.2, -0.15) is 5.26 Å². The van der Waals surface area contributed by atoms with Crippen molar-refractivity contribution in [3.05, 3.63) is 36.0 Å². The first-order valence-corrected chi connectivity index (χ1v) is 15.0. The molecular weight excluding hydrogens is 516 g/mol. The van der Waals surface area contributed by atoms with Crippen molar-refractivity contribution >= 4 is 17.6 Å². The number of carbonyl (C=O) groups excluding carboxylic acids is 1. The van der Waals surface area contributed by atoms with Crippen molar-refractivity contribution in [2.45, 2.75) is 103 Å². The molecule has 9 nitrogen and oxygen atoms in total. The second-order valence-electron chi connectivity index (χ2n) is 12.7. The van der Waals surface area contributed by atoms with Crippen LogP contribution in [0.2, 0.25) is 0 Å². The van der Waals surface area contributed by atoms with Gasteiger partial charge < -0.3 is 25.4 Å². The van der Waals surface area contributed by atoms with Crippen molar-refractivity contribution < 1.29 is 14.3 Å². The van der Waals surface area contributed by atoms with Crippen molar-refractivity contribution in [1.29, 1.82) is 5.26 Å². The number of aromatic nitrogens is 2. The van der Waals surface area contributed by atoms with Gasteiger partial charge in [0.1, 0.15) is 17.2 Å². The summed E-state index contributed by atoms with van der Waals surface area (Å²) in [5.41, 5.74) is 2.11. The number of aryl methyl sites for hydroxylation is 1. The highest BCUT2D eigenvalue weighted by atomic mass is 16.6. The molecule has 1 saturated heterocycles. The fourth-order valence-corrected chi connectivity index (χ4v) is 5.62. The normalized spacial score (nSPS) is 21.4. The SMILES string of the molecule is Cc1cnc(N[C@H]2CC[C@H](N[C@@H](C)CC(=O)OC(C)(C)C)CC2)cc1-c1cccc(NCC2(C#N)CCOCC2)n1. The van der Waals surface area contributed by atoms with E-state index in [1.807, 2.05) is 45.2 Å². The van der Waals surface area contributed by atoms with Crippen molar-refractivity contribution in [2.75, 3.05) is 30.4 Å². The minimum atomic E-state index is -0.452. The molecule has 2 aromatic heterocycles. The lowest BCUT2D eigenvalue weighted by molar-refractivity contribution is -0.155. The lowest BCUT2D eigenvalue weighted by Crippen LogP contribution is -2.42. The summed E-state index contributed by atoms with van der Waals surface area (Å²) in [4.78, 5) is 21.7. The highest BCUT2D eigenvalue weighted by Gasteiger charge is 2.32. The van der Waals surface area contributed by atoms with Crippen LogP contribution in [0.4, 0.5) is 11.6 Å². The highest BCUT2D eigenvalue weighted by Crippen LogP contribution is 2.31. The van der Waals surface area contributed by atoms with Crippen LogP contribution >= 0.6 is 0 Å². The average Bonchev–Trinajstić information content (AvgIpc) is 2.93. The van der Waals surface area contributed by atoms with Gasteiger partial charge in [0, 0.05) is 49.6 Å². The molecule has 41 heavy (non-hydrogen) atoms. The first-order chi connectivity index (χ1) is 19.5. The number of hydrogen-bond acceptors (Lipinski definition) is 9. The zero-order valence-corrected chi connectivity index (χ0v) is 25.3. The maximum Gasteiger partial charge on any atom is 0.307 e. The van der Waals surface area contributed by atoms with E-state index in [2.05, 4.69) is 46.9 Å². The molecule has 1 aliphatic carbocycles. The summed E-state index contributed by atoms with van der Waals surface area (Å²) in [6.07, 6.45) is 7.90. The van der Waals surface area contributed by atoms with Crippen LogP contribution in [0.5, 0.6) is 0 Å². The van der Waals surface area contributed by atoms with Crippen LogP contribution in [-0.2, 0) is 14.3 Å². The van der Waals surface area contributed by atoms with E-state index < -0.39 is 11.0 Å². The van der Waals surface area contributed by atoms with Gasteiger partial charge in [-0.05, 0) is 96.9 Å². The lowest BCUT2D eigenvalue weighted by Gasteiger charge is -2.32. The number of carbonyl (C=O) groups is 1. The van der Waals surface area contributed by atoms with Crippen LogP contribution in [0.25, 0.3) is 11.3 Å². The molecule has 9 heteroatoms. The number of pyridine rings is 2. The number of ether oxygens (including phenoxy) is 2. The van der Waals surface area contributed by atoms with E-state index in [9.17, 15) is 10.1 Å². The summed E-state index contributed by atoms with van der Waals surface area (Å²) in [5, 5.41) is 20.4. The maximum absolute atomic E-state index is 12.2. The molecule has 0 bridgehead atoms. The van der Waals surface area contributed by atoms with Gasteiger partial charge in [0.05, 0.1) is 23.6 Å². The van der Waals surface area contributed by atoms with Crippen LogP contribution in [0.3, 0.4) is 0 Å². The largest absolute Gasteiger partial charge is 0.460 e. The molecule has 0 spiro atoms. The molecule has 1 aliphatic heterocycles. The van der Waals surface area contributed by atoms with Gasteiger partial charge in [0.25, 0.3) is 0 Å². The van der Waals surface area contributed by atoms with Crippen LogP contribution < -0.4 is 16.0 Å². The number of esters is 1. The summed E-state index contributed by atoms with van der Waals surface area (Å²) in [6.45, 7) is 11.6. The molecule has 3 heterocycles. The Bertz CT molecular complexity index is 1210. The number of nitrogens with zero attached hydrogens (tertiary/aromatic N) is 3. The van der Waals surface area contributed by atoms with Gasteiger partial charge in [-0.15, -0.1) is 0 Å². The molecular formula is C32H46N6O3. The number of nitriles is 1. The summed E-state index contributed by atoms with van der Waals surface area (Å²) >= 11 is 0. The Kier molecular flexibility index (Phi) is 10.2. The van der Waals surface area contributed by atoms with E-state index in [0.717, 1.165) is 67.0 Å². The molecule has 1 saturated carbocycles. The predicted octanol–water partition coefficient (Wildman–Crippen LogP) is 5.62. The van der Waals surface area contributed by atoms with Crippen LogP contribution in [0.15, 0.2) is 30.5 Å². The monoisotopic (exact) mass is 562 g/mol. The number of anilines is 2. The van der Waals surface area contributed by atoms with Gasteiger partial charge in [-0.25, -0.2) is 9.97 Å². The van der Waals surface area contributed by atoms with Crippen molar-refractivity contribution in [3.63, 3.8) is 0 Å². The molecule has 0 radical (unpaired) electrons. The summed E-state index contributed by atoms with van der Waals surface area (Å²) in [6, 6.07) is 11.4. The molecule has 4 rings (SSSR count). The molecule has 0 amide bonds. The van der Waals surface area contributed by atoms with Crippen LogP contribution in [-0.4, -0.2) is 59.4 Å². The average molecular weight is 563 g/mol. The summed E-state index contributed by atoms with van der Waals surface area (Å²) in [7, 11) is 0. The Morgan fingerprint density at radius 2 is 1.88 bits per heavy atom. The zero-order valence-electron chi connectivity index (χ0n) is 25.3. The van der Waals surface area contributed by atoms with Gasteiger partial charge in [0.15, 0.2) is 0 Å². The number of hydrogen-bond donors (Lipinski definition) is 3. The van der Waals surface area contributed by atoms with E-state index in [0.29, 0.717) is 38.3 Å². The van der Waals surface area contributed by atoms with E-state index in [1.54, 1.807) is 0 Å². The van der Waals surface area contributed by atoms with E-state index in [-0.39, 0.29) is 12.0 Å². The molecule has 0 aromatic carbocycles. The second-order valence-corrected chi connectivity index (χ2v) is 12.7. The zero-order chi connectivity index (χ0) is 29.5. The smallest absolute Gasteiger partial charge is 0.307 e. The third-order valence-electron chi connectivity index (χ3n) is 7.92. The van der Waals surface area contributed by atoms with E-state index in [1.165, 1.54) is 0 Å². The fourth-order valence-electron chi connectivity index (χ4n) is 5.62. The molecule has 2 aliphatic rings. The van der Waals surface area contributed by atoms with Crippen molar-refractivity contribution in [1.82, 2.24) is 15.3 Å². The maximum atomic E-state index is 12.2. The predicted molar refractivity (Wildman–Crippen MR) is 162 cm³/mol. The quantitative estimate of drug-likeness (QED) is 0.317. The standard InChI is InChI=1S/C32H46N6O3/c1-22-19-34-29(37-25-11-9-24(10-12-25)36-23(2)17-30(39)41-31(3,4)5)18-26(22)27-7-6-8-28(38-27)35-21-32(20-33)13-15-40-16-14-32/h6-8,18-19,23-25,36H,9-17,21H2,1-5H3,(H,34,37)(H,35,38)/t23-,24-,25-/m0/s1. The molecule has 0 unspecified atom stereocenters. The third-order valence-corrected chi connectivity index (χ3v) is 7.92. The molecule has 2 aromatic rings. The number of nitrogens with one attached hydrogen (secondary N) is 3. The molecule has 3 N–H and O–H groups in total. The highest BCUT2D eigenvalue weighted by molar-refractivity contribution is 5.70. The first kappa shape index (κ1) is 30.7. The minimum Gasteiger partial charge on any atom is -0.460 e. The Balaban J connectivity index is 1.30. The molecule has 1 atom stereocenters. The van der Waals surface area contributed by atoms with Crippen molar-refractivity contribution in [2.24, 2.45) is 5.41 Å². The Hall–Kier alpha value is -3.22. The van der Waals surface area contributed by atoms with Crippen LogP contribution in [0, 0.1) is 23.7 Å². The minimum absolute atomic E-state index is 0.0838. The first-order valence-electron chi connectivity index (χ1n) is 15.0. The Morgan fingerprint density at radius 1 is 1.17 bits per heavy atom. The van der Waals surface area contributed by atoms with Crippen LogP contribution in [0.1, 0.15) is 78.2 Å². The molecule has 2 fully saturated rings. The van der Waals surface area contributed by atoms with Gasteiger partial charge in [-0.1, -0.05) is 6.07 Å². The van der Waals surface area contributed by atoms with E-state index in [4.69, 9.17) is 14.5 Å². The molecule has 222 valence electrons. The van der Waals surface area contributed by atoms with Gasteiger partial charge >= 0.3 is 5.97 Å². The third kappa shape index (κ3) is 9.14. The van der Waals surface area contributed by atoms with E-state index >= 15 is 0 Å². The second kappa shape index (κ2) is 13.6. The van der Waals surface area contributed by atoms with Gasteiger partial charge in [-0.3, -0.25) is 4.79 Å². The fraction of sp³-hybridized carbons (Fsp3) is 0.625. The van der Waals surface area contributed by atoms with Crippen molar-refractivity contribution in [3.8, 4) is 17.3 Å².